The lowest BCUT2D eigenvalue weighted by atomic mass is 9.89. The number of aromatic nitrogens is 4. The van der Waals surface area contributed by atoms with Gasteiger partial charge in [-0.15, -0.1) is 0 Å². The van der Waals surface area contributed by atoms with Crippen molar-refractivity contribution in [2.24, 2.45) is 0 Å². The maximum Gasteiger partial charge on any atom is 0.0685 e. The summed E-state index contributed by atoms with van der Waals surface area (Å²) in [5.41, 5.74) is 7.64. The van der Waals surface area contributed by atoms with Gasteiger partial charge in [0, 0.05) is 28.9 Å². The highest BCUT2D eigenvalue weighted by atomic mass is 15.1. The van der Waals surface area contributed by atoms with E-state index in [9.17, 15) is 0 Å². The number of rotatable bonds is 6. The second-order valence-corrected chi connectivity index (χ2v) is 7.80. The third-order valence-corrected chi connectivity index (χ3v) is 4.46. The van der Waals surface area contributed by atoms with E-state index in [0.29, 0.717) is 23.7 Å². The molecule has 0 bridgehead atoms. The lowest BCUT2D eigenvalue weighted by Gasteiger charge is -2.14. The minimum absolute atomic E-state index is 0.422. The first-order chi connectivity index (χ1) is 10.7. The van der Waals surface area contributed by atoms with Crippen molar-refractivity contribution in [1.29, 1.82) is 0 Å². The summed E-state index contributed by atoms with van der Waals surface area (Å²) < 4.78 is 0. The Morgan fingerprint density at radius 3 is 1.22 bits per heavy atom. The summed E-state index contributed by atoms with van der Waals surface area (Å²) in [5.74, 6) is 1.74. The molecule has 0 spiro atoms. The molecule has 0 unspecified atom stereocenters. The van der Waals surface area contributed by atoms with Gasteiger partial charge in [-0.25, -0.2) is 0 Å². The summed E-state index contributed by atoms with van der Waals surface area (Å²) in [6.45, 7) is 17.8. The molecule has 0 saturated heterocycles. The second-order valence-electron chi connectivity index (χ2n) is 7.80. The van der Waals surface area contributed by atoms with Gasteiger partial charge in [-0.3, -0.25) is 10.2 Å². The van der Waals surface area contributed by atoms with Crippen LogP contribution in [0.3, 0.4) is 0 Å². The van der Waals surface area contributed by atoms with Crippen LogP contribution in [0.15, 0.2) is 0 Å². The van der Waals surface area contributed by atoms with E-state index in [1.807, 2.05) is 0 Å². The Hall–Kier alpha value is -1.58. The van der Waals surface area contributed by atoms with Gasteiger partial charge in [0.25, 0.3) is 0 Å². The second kappa shape index (κ2) is 6.90. The van der Waals surface area contributed by atoms with Gasteiger partial charge in [-0.1, -0.05) is 55.4 Å². The summed E-state index contributed by atoms with van der Waals surface area (Å²) in [6, 6.07) is 0. The molecule has 0 aliphatic rings. The summed E-state index contributed by atoms with van der Waals surface area (Å²) in [5, 5.41) is 15.8. The van der Waals surface area contributed by atoms with Crippen LogP contribution in [0.25, 0.3) is 0 Å². The van der Waals surface area contributed by atoms with Crippen molar-refractivity contribution in [3.63, 3.8) is 0 Å². The zero-order valence-corrected chi connectivity index (χ0v) is 15.9. The van der Waals surface area contributed by atoms with E-state index >= 15 is 0 Å². The molecular weight excluding hydrogens is 284 g/mol. The molecule has 0 amide bonds. The van der Waals surface area contributed by atoms with Crippen LogP contribution < -0.4 is 0 Å². The van der Waals surface area contributed by atoms with E-state index in [1.54, 1.807) is 0 Å². The maximum atomic E-state index is 4.61. The Labute approximate surface area is 140 Å². The number of hydrogen-bond acceptors (Lipinski definition) is 2. The van der Waals surface area contributed by atoms with Gasteiger partial charge in [0.15, 0.2) is 0 Å². The minimum atomic E-state index is 0.422. The largest absolute Gasteiger partial charge is 0.282 e. The van der Waals surface area contributed by atoms with Crippen molar-refractivity contribution in [3.05, 3.63) is 33.9 Å². The van der Waals surface area contributed by atoms with Crippen LogP contribution in [-0.2, 0) is 6.42 Å². The number of hydrogen-bond donors (Lipinski definition) is 2. The molecule has 2 rings (SSSR count). The summed E-state index contributed by atoms with van der Waals surface area (Å²) >= 11 is 0. The van der Waals surface area contributed by atoms with Crippen LogP contribution in [0.5, 0.6) is 0 Å². The van der Waals surface area contributed by atoms with Crippen molar-refractivity contribution < 1.29 is 0 Å². The summed E-state index contributed by atoms with van der Waals surface area (Å²) in [4.78, 5) is 0. The maximum absolute atomic E-state index is 4.61. The highest BCUT2D eigenvalue weighted by Crippen LogP contribution is 2.32. The topological polar surface area (TPSA) is 57.4 Å². The van der Waals surface area contributed by atoms with E-state index in [2.05, 4.69) is 75.8 Å². The van der Waals surface area contributed by atoms with Gasteiger partial charge >= 0.3 is 0 Å². The average Bonchev–Trinajstić information content (AvgIpc) is 3.02. The van der Waals surface area contributed by atoms with Gasteiger partial charge in [0.2, 0.25) is 0 Å². The monoisotopic (exact) mass is 316 g/mol. The van der Waals surface area contributed by atoms with Crippen molar-refractivity contribution in [2.75, 3.05) is 0 Å². The molecule has 0 aliphatic carbocycles. The normalized spacial score (nSPS) is 12.3. The Bertz CT molecular complexity index is 537. The Morgan fingerprint density at radius 2 is 0.957 bits per heavy atom. The predicted octanol–water partition coefficient (Wildman–Crippen LogP) is 5.22. The molecular formula is C19H32N4. The fourth-order valence-electron chi connectivity index (χ4n) is 3.25. The van der Waals surface area contributed by atoms with Crippen molar-refractivity contribution in [2.45, 2.75) is 85.5 Å². The number of nitrogens with zero attached hydrogens (tertiary/aromatic N) is 2. The van der Waals surface area contributed by atoms with Gasteiger partial charge in [-0.05, 0) is 23.7 Å². The molecule has 0 aromatic carbocycles. The SMILES string of the molecule is CC(C)c1n[nH]c(C(C)C)c1Cc1c(C(C)C)n[nH]c1C(C)C. The third kappa shape index (κ3) is 3.51. The molecule has 2 aromatic heterocycles. The highest BCUT2D eigenvalue weighted by Gasteiger charge is 2.24. The summed E-state index contributed by atoms with van der Waals surface area (Å²) in [7, 11) is 0. The van der Waals surface area contributed by atoms with Crippen LogP contribution in [0.1, 0.15) is 113 Å². The Balaban J connectivity index is 2.54. The van der Waals surface area contributed by atoms with E-state index in [0.717, 1.165) is 6.42 Å². The zero-order valence-electron chi connectivity index (χ0n) is 15.9. The van der Waals surface area contributed by atoms with Gasteiger partial charge < -0.3 is 0 Å². The fourth-order valence-corrected chi connectivity index (χ4v) is 3.25. The fraction of sp³-hybridized carbons (Fsp3) is 0.684. The van der Waals surface area contributed by atoms with E-state index in [4.69, 9.17) is 0 Å². The molecule has 0 aliphatic heterocycles. The molecule has 2 N–H and O–H groups in total. The smallest absolute Gasteiger partial charge is 0.0685 e. The molecule has 0 saturated carbocycles. The van der Waals surface area contributed by atoms with Gasteiger partial charge in [0.1, 0.15) is 0 Å². The Kier molecular flexibility index (Phi) is 5.33. The molecule has 0 fully saturated rings. The van der Waals surface area contributed by atoms with Crippen LogP contribution >= 0.6 is 0 Å². The first-order valence-electron chi connectivity index (χ1n) is 8.88. The quantitative estimate of drug-likeness (QED) is 0.768. The molecule has 4 nitrogen and oxygen atoms in total. The molecule has 128 valence electrons. The third-order valence-electron chi connectivity index (χ3n) is 4.46. The molecule has 2 heterocycles. The first kappa shape index (κ1) is 17.8. The van der Waals surface area contributed by atoms with E-state index < -0.39 is 0 Å². The minimum Gasteiger partial charge on any atom is -0.282 e. The van der Waals surface area contributed by atoms with Crippen molar-refractivity contribution in [3.8, 4) is 0 Å². The standard InChI is InChI=1S/C19H32N4/c1-10(2)16-14(17(11(3)4)21-20-16)9-15-18(12(5)6)22-23-19(15)13(7)8/h10-13H,9H2,1-8H3,(H,20,21)(H,22,23). The lowest BCUT2D eigenvalue weighted by molar-refractivity contribution is 0.784. The number of aromatic amines is 2. The van der Waals surface area contributed by atoms with Crippen molar-refractivity contribution in [1.82, 2.24) is 20.4 Å². The first-order valence-corrected chi connectivity index (χ1v) is 8.88. The highest BCUT2D eigenvalue weighted by molar-refractivity contribution is 5.40. The molecule has 2 aromatic rings. The van der Waals surface area contributed by atoms with Crippen LogP contribution in [0.4, 0.5) is 0 Å². The summed E-state index contributed by atoms with van der Waals surface area (Å²) in [6.07, 6.45) is 0.912. The van der Waals surface area contributed by atoms with Crippen LogP contribution in [-0.4, -0.2) is 20.4 Å². The molecule has 0 radical (unpaired) electrons. The molecule has 23 heavy (non-hydrogen) atoms. The zero-order chi connectivity index (χ0) is 17.3. The average molecular weight is 316 g/mol. The van der Waals surface area contributed by atoms with Crippen LogP contribution in [0.2, 0.25) is 0 Å². The van der Waals surface area contributed by atoms with E-state index in [-0.39, 0.29) is 0 Å². The van der Waals surface area contributed by atoms with E-state index in [1.165, 1.54) is 33.9 Å². The Morgan fingerprint density at radius 1 is 0.609 bits per heavy atom. The predicted molar refractivity (Wildman–Crippen MR) is 96.3 cm³/mol. The number of H-pyrrole nitrogens is 2. The van der Waals surface area contributed by atoms with Crippen LogP contribution in [0, 0.1) is 0 Å². The number of nitrogens with one attached hydrogen (secondary N) is 2. The molecule has 4 heteroatoms. The molecule has 0 atom stereocenters. The van der Waals surface area contributed by atoms with Gasteiger partial charge in [0.05, 0.1) is 11.4 Å². The van der Waals surface area contributed by atoms with Gasteiger partial charge in [-0.2, -0.15) is 10.2 Å². The van der Waals surface area contributed by atoms with Crippen molar-refractivity contribution >= 4 is 0 Å². The lowest BCUT2D eigenvalue weighted by Crippen LogP contribution is -2.05.